The highest BCUT2D eigenvalue weighted by atomic mass is 16.5. The first-order valence-corrected chi connectivity index (χ1v) is 5.74. The molecule has 0 aromatic heterocycles. The molecule has 16 heavy (non-hydrogen) atoms. The average molecular weight is 220 g/mol. The topological polar surface area (TPSA) is 46.5 Å². The van der Waals surface area contributed by atoms with Crippen LogP contribution in [0.4, 0.5) is 0 Å². The van der Waals surface area contributed by atoms with E-state index in [-0.39, 0.29) is 11.7 Å². The summed E-state index contributed by atoms with van der Waals surface area (Å²) >= 11 is 0. The van der Waals surface area contributed by atoms with Crippen LogP contribution in [0.15, 0.2) is 24.3 Å². The second-order valence-electron chi connectivity index (χ2n) is 4.32. The Morgan fingerprint density at radius 2 is 1.88 bits per heavy atom. The maximum atomic E-state index is 11.6. The van der Waals surface area contributed by atoms with Crippen molar-refractivity contribution in [3.63, 3.8) is 0 Å². The van der Waals surface area contributed by atoms with Crippen LogP contribution < -0.4 is 4.74 Å². The SMILES string of the molecule is O=C(CC1CCCC1)Oc1ccc(O)cc1. The molecule has 0 spiro atoms. The van der Waals surface area contributed by atoms with Crippen molar-refractivity contribution in [1.82, 2.24) is 0 Å². The summed E-state index contributed by atoms with van der Waals surface area (Å²) < 4.78 is 5.18. The molecule has 0 amide bonds. The summed E-state index contributed by atoms with van der Waals surface area (Å²) in [5, 5.41) is 9.08. The minimum Gasteiger partial charge on any atom is -0.508 e. The molecule has 3 nitrogen and oxygen atoms in total. The van der Waals surface area contributed by atoms with Gasteiger partial charge >= 0.3 is 5.97 Å². The number of benzene rings is 1. The Hall–Kier alpha value is -1.51. The van der Waals surface area contributed by atoms with Crippen molar-refractivity contribution in [3.8, 4) is 11.5 Å². The van der Waals surface area contributed by atoms with E-state index in [4.69, 9.17) is 9.84 Å². The molecule has 1 saturated carbocycles. The van der Waals surface area contributed by atoms with E-state index in [0.29, 0.717) is 18.1 Å². The fourth-order valence-electron chi connectivity index (χ4n) is 2.14. The van der Waals surface area contributed by atoms with Gasteiger partial charge in [0.15, 0.2) is 0 Å². The molecule has 1 aromatic rings. The number of aromatic hydroxyl groups is 1. The van der Waals surface area contributed by atoms with Gasteiger partial charge in [-0.25, -0.2) is 0 Å². The molecule has 3 heteroatoms. The van der Waals surface area contributed by atoms with Gasteiger partial charge in [0.25, 0.3) is 0 Å². The number of phenols is 1. The molecule has 0 aliphatic heterocycles. The van der Waals surface area contributed by atoms with E-state index in [2.05, 4.69) is 0 Å². The number of hydrogen-bond acceptors (Lipinski definition) is 3. The van der Waals surface area contributed by atoms with Gasteiger partial charge in [0.05, 0.1) is 0 Å². The van der Waals surface area contributed by atoms with Crippen LogP contribution in [0.2, 0.25) is 0 Å². The highest BCUT2D eigenvalue weighted by Crippen LogP contribution is 2.28. The van der Waals surface area contributed by atoms with Crippen molar-refractivity contribution in [1.29, 1.82) is 0 Å². The minimum absolute atomic E-state index is 0.169. The molecule has 1 N–H and O–H groups in total. The van der Waals surface area contributed by atoms with Crippen molar-refractivity contribution in [2.75, 3.05) is 0 Å². The smallest absolute Gasteiger partial charge is 0.311 e. The maximum Gasteiger partial charge on any atom is 0.311 e. The summed E-state index contributed by atoms with van der Waals surface area (Å²) in [6, 6.07) is 6.22. The summed E-state index contributed by atoms with van der Waals surface area (Å²) in [5.74, 6) is 1.01. The Kier molecular flexibility index (Phi) is 3.44. The number of hydrogen-bond donors (Lipinski definition) is 1. The number of carbonyl (C=O) groups is 1. The number of phenolic OH excluding ortho intramolecular Hbond substituents is 1. The molecule has 0 heterocycles. The zero-order chi connectivity index (χ0) is 11.4. The van der Waals surface area contributed by atoms with Crippen molar-refractivity contribution < 1.29 is 14.6 Å². The quantitative estimate of drug-likeness (QED) is 0.629. The molecule has 2 rings (SSSR count). The van der Waals surface area contributed by atoms with Gasteiger partial charge < -0.3 is 9.84 Å². The summed E-state index contributed by atoms with van der Waals surface area (Å²) in [6.45, 7) is 0. The first-order chi connectivity index (χ1) is 7.74. The van der Waals surface area contributed by atoms with Gasteiger partial charge in [-0.15, -0.1) is 0 Å². The van der Waals surface area contributed by atoms with Crippen LogP contribution >= 0.6 is 0 Å². The van der Waals surface area contributed by atoms with E-state index in [9.17, 15) is 4.79 Å². The highest BCUT2D eigenvalue weighted by molar-refractivity contribution is 5.72. The van der Waals surface area contributed by atoms with Crippen LogP contribution in [0.5, 0.6) is 11.5 Å². The standard InChI is InChI=1S/C13H16O3/c14-11-5-7-12(8-6-11)16-13(15)9-10-3-1-2-4-10/h5-8,10,14H,1-4,9H2. The van der Waals surface area contributed by atoms with Crippen LogP contribution in [0.1, 0.15) is 32.1 Å². The van der Waals surface area contributed by atoms with E-state index in [1.165, 1.54) is 25.0 Å². The molecule has 1 fully saturated rings. The highest BCUT2D eigenvalue weighted by Gasteiger charge is 2.19. The molecule has 0 atom stereocenters. The molecular weight excluding hydrogens is 204 g/mol. The van der Waals surface area contributed by atoms with E-state index in [0.717, 1.165) is 12.8 Å². The van der Waals surface area contributed by atoms with Crippen LogP contribution in [0.3, 0.4) is 0 Å². The Morgan fingerprint density at radius 1 is 1.25 bits per heavy atom. The normalized spacial score (nSPS) is 16.2. The third-order valence-corrected chi connectivity index (χ3v) is 3.00. The van der Waals surface area contributed by atoms with Gasteiger partial charge in [-0.3, -0.25) is 4.79 Å². The van der Waals surface area contributed by atoms with Crippen LogP contribution in [-0.2, 0) is 4.79 Å². The molecule has 0 radical (unpaired) electrons. The molecule has 86 valence electrons. The lowest BCUT2D eigenvalue weighted by molar-refractivity contribution is -0.135. The average Bonchev–Trinajstić information content (AvgIpc) is 2.74. The molecule has 0 saturated heterocycles. The van der Waals surface area contributed by atoms with Gasteiger partial charge in [0.1, 0.15) is 11.5 Å². The predicted octanol–water partition coefficient (Wildman–Crippen LogP) is 2.88. The van der Waals surface area contributed by atoms with Gasteiger partial charge in [-0.05, 0) is 43.0 Å². The Morgan fingerprint density at radius 3 is 2.50 bits per heavy atom. The molecule has 1 aliphatic carbocycles. The largest absolute Gasteiger partial charge is 0.508 e. The predicted molar refractivity (Wildman–Crippen MR) is 60.3 cm³/mol. The van der Waals surface area contributed by atoms with Crippen LogP contribution in [0.25, 0.3) is 0 Å². The molecule has 1 aliphatic rings. The molecule has 1 aromatic carbocycles. The van der Waals surface area contributed by atoms with E-state index in [1.807, 2.05) is 0 Å². The fourth-order valence-corrected chi connectivity index (χ4v) is 2.14. The monoisotopic (exact) mass is 220 g/mol. The molecule has 0 bridgehead atoms. The number of esters is 1. The van der Waals surface area contributed by atoms with Crippen molar-refractivity contribution >= 4 is 5.97 Å². The fraction of sp³-hybridized carbons (Fsp3) is 0.462. The number of carbonyl (C=O) groups excluding carboxylic acids is 1. The van der Waals surface area contributed by atoms with Crippen molar-refractivity contribution in [2.45, 2.75) is 32.1 Å². The lowest BCUT2D eigenvalue weighted by Crippen LogP contribution is -2.12. The summed E-state index contributed by atoms with van der Waals surface area (Å²) in [7, 11) is 0. The summed E-state index contributed by atoms with van der Waals surface area (Å²) in [4.78, 5) is 11.6. The third kappa shape index (κ3) is 2.99. The molecule has 0 unspecified atom stereocenters. The summed E-state index contributed by atoms with van der Waals surface area (Å²) in [5.41, 5.74) is 0. The van der Waals surface area contributed by atoms with E-state index >= 15 is 0 Å². The second-order valence-corrected chi connectivity index (χ2v) is 4.32. The lowest BCUT2D eigenvalue weighted by Gasteiger charge is -2.08. The van der Waals surface area contributed by atoms with Gasteiger partial charge in [-0.2, -0.15) is 0 Å². The van der Waals surface area contributed by atoms with Crippen molar-refractivity contribution in [3.05, 3.63) is 24.3 Å². The van der Waals surface area contributed by atoms with Crippen molar-refractivity contribution in [2.24, 2.45) is 5.92 Å². The number of rotatable bonds is 3. The maximum absolute atomic E-state index is 11.6. The van der Waals surface area contributed by atoms with Gasteiger partial charge in [-0.1, -0.05) is 12.8 Å². The number of ether oxygens (including phenoxy) is 1. The van der Waals surface area contributed by atoms with Gasteiger partial charge in [0, 0.05) is 6.42 Å². The Labute approximate surface area is 95.0 Å². The van der Waals surface area contributed by atoms with E-state index < -0.39 is 0 Å². The second kappa shape index (κ2) is 5.01. The van der Waals surface area contributed by atoms with Gasteiger partial charge in [0.2, 0.25) is 0 Å². The first-order valence-electron chi connectivity index (χ1n) is 5.74. The summed E-state index contributed by atoms with van der Waals surface area (Å²) in [6.07, 6.45) is 5.27. The zero-order valence-electron chi connectivity index (χ0n) is 9.19. The first kappa shape index (κ1) is 11.0. The lowest BCUT2D eigenvalue weighted by atomic mass is 10.0. The Bertz CT molecular complexity index is 350. The molecular formula is C13H16O3. The van der Waals surface area contributed by atoms with E-state index in [1.54, 1.807) is 12.1 Å². The zero-order valence-corrected chi connectivity index (χ0v) is 9.19. The minimum atomic E-state index is -0.169. The third-order valence-electron chi connectivity index (χ3n) is 3.00. The Balaban J connectivity index is 1.84. The van der Waals surface area contributed by atoms with Crippen LogP contribution in [-0.4, -0.2) is 11.1 Å². The van der Waals surface area contributed by atoms with Crippen LogP contribution in [0, 0.1) is 5.92 Å².